The van der Waals surface area contributed by atoms with Crippen molar-refractivity contribution < 1.29 is 21.9 Å². The number of halogens is 3. The summed E-state index contributed by atoms with van der Waals surface area (Å²) in [5.41, 5.74) is 0.452. The van der Waals surface area contributed by atoms with Gasteiger partial charge in [-0.15, -0.1) is 0 Å². The molecule has 0 aromatic rings. The molecule has 0 aliphatic rings. The van der Waals surface area contributed by atoms with Crippen LogP contribution >= 0.6 is 0 Å². The number of unbranched alkanes of at least 4 members (excludes halogenated alkanes) is 13. The van der Waals surface area contributed by atoms with Gasteiger partial charge in [0, 0.05) is 11.6 Å². The molecule has 0 aromatic carbocycles. The van der Waals surface area contributed by atoms with E-state index in [-0.39, 0.29) is 5.97 Å². The highest BCUT2D eigenvalue weighted by Gasteiger charge is 2.35. The van der Waals surface area contributed by atoms with E-state index in [4.69, 9.17) is 4.74 Å². The number of carbonyl (C=O) groups excluding carboxylic acids is 1. The number of hydrogen-bond donors (Lipinski definition) is 0. The van der Waals surface area contributed by atoms with Crippen LogP contribution in [0.3, 0.4) is 0 Å². The van der Waals surface area contributed by atoms with Crippen molar-refractivity contribution in [2.45, 2.75) is 103 Å². The van der Waals surface area contributed by atoms with Crippen LogP contribution in [0.15, 0.2) is 12.2 Å². The average Bonchev–Trinajstić information content (AvgIpc) is 2.56. The third-order valence-electron chi connectivity index (χ3n) is 4.44. The van der Waals surface area contributed by atoms with Gasteiger partial charge in [-0.3, -0.25) is 0 Å². The van der Waals surface area contributed by atoms with Crippen LogP contribution in [0, 0.1) is 0 Å². The molecule has 26 heavy (non-hydrogen) atoms. The monoisotopic (exact) mass is 394 g/mol. The van der Waals surface area contributed by atoms with E-state index in [2.05, 4.69) is 6.58 Å². The first-order chi connectivity index (χ1) is 12.3. The van der Waals surface area contributed by atoms with Gasteiger partial charge in [0.1, 0.15) is 0 Å². The largest absolute Gasteiger partial charge is 0.616 e. The van der Waals surface area contributed by atoms with Crippen LogP contribution in [0.5, 0.6) is 0 Å². The average molecular weight is 395 g/mol. The van der Waals surface area contributed by atoms with Crippen molar-refractivity contribution in [3.8, 4) is 0 Å². The van der Waals surface area contributed by atoms with Gasteiger partial charge in [0.25, 0.3) is 0 Å². The molecule has 0 atom stereocenters. The molecule has 0 bridgehead atoms. The minimum atomic E-state index is -5.30. The Morgan fingerprint density at radius 3 is 1.42 bits per heavy atom. The second-order valence-electron chi connectivity index (χ2n) is 7.23. The summed E-state index contributed by atoms with van der Waals surface area (Å²) < 4.78 is 41.4. The topological polar surface area (TPSA) is 26.3 Å². The van der Waals surface area contributed by atoms with Crippen molar-refractivity contribution in [1.29, 1.82) is 0 Å². The predicted molar refractivity (Wildman–Crippen MR) is 104 cm³/mol. The molecule has 0 saturated carbocycles. The first-order valence-corrected chi connectivity index (χ1v) is 12.1. The van der Waals surface area contributed by atoms with Crippen molar-refractivity contribution in [2.24, 2.45) is 0 Å². The minimum absolute atomic E-state index is 0.298. The molecule has 0 aliphatic carbocycles. The van der Waals surface area contributed by atoms with Gasteiger partial charge >= 0.3 is 15.0 Å². The molecule has 0 saturated heterocycles. The van der Waals surface area contributed by atoms with Gasteiger partial charge < -0.3 is 4.74 Å². The molecule has 154 valence electrons. The highest BCUT2D eigenvalue weighted by Crippen LogP contribution is 2.20. The van der Waals surface area contributed by atoms with Crippen LogP contribution in [-0.2, 0) is 9.53 Å². The molecular weight excluding hydrogens is 357 g/mol. The zero-order chi connectivity index (χ0) is 19.7. The van der Waals surface area contributed by atoms with Crippen molar-refractivity contribution in [1.82, 2.24) is 0 Å². The fourth-order valence-electron chi connectivity index (χ4n) is 2.84. The Morgan fingerprint density at radius 2 is 1.08 bits per heavy atom. The maximum Gasteiger partial charge on any atom is 0.616 e. The van der Waals surface area contributed by atoms with Crippen LogP contribution in [-0.4, -0.2) is 21.7 Å². The van der Waals surface area contributed by atoms with E-state index in [0.29, 0.717) is 18.6 Å². The molecule has 2 nitrogen and oxygen atoms in total. The summed E-state index contributed by atoms with van der Waals surface area (Å²) in [6.45, 7) is 5.69. The van der Waals surface area contributed by atoms with E-state index in [0.717, 1.165) is 38.5 Å². The summed E-state index contributed by atoms with van der Waals surface area (Å²) in [4.78, 5) is 11.2. The van der Waals surface area contributed by atoms with Gasteiger partial charge in [0.15, 0.2) is 0 Å². The van der Waals surface area contributed by atoms with Gasteiger partial charge in [0.2, 0.25) is 0 Å². The zero-order valence-corrected chi connectivity index (χ0v) is 17.5. The Labute approximate surface area is 159 Å². The van der Waals surface area contributed by atoms with Crippen LogP contribution in [0.1, 0.15) is 96.8 Å². The third-order valence-corrected chi connectivity index (χ3v) is 5.36. The Kier molecular flexibility index (Phi) is 15.9. The standard InChI is InChI=1S/C20H37F3O2Si/c1-19(2)20(24)25-17-15-13-11-9-7-5-3-4-6-8-10-12-14-16-18-26(21,22)23/h1,3-18H2,2H3. The normalized spacial score (nSPS) is 11.5. The lowest BCUT2D eigenvalue weighted by atomic mass is 10.0. The Balaban J connectivity index is 3.11. The molecule has 0 aromatic heterocycles. The number of rotatable bonds is 18. The predicted octanol–water partition coefficient (Wildman–Crippen LogP) is 7.41. The first kappa shape index (κ1) is 25.2. The van der Waals surface area contributed by atoms with Gasteiger partial charge in [-0.1, -0.05) is 83.6 Å². The van der Waals surface area contributed by atoms with Gasteiger partial charge in [-0.05, 0) is 19.8 Å². The molecule has 0 radical (unpaired) electrons. The molecule has 0 amide bonds. The molecule has 0 rings (SSSR count). The van der Waals surface area contributed by atoms with Crippen molar-refractivity contribution in [3.63, 3.8) is 0 Å². The molecule has 0 fully saturated rings. The molecule has 0 N–H and O–H groups in total. The SMILES string of the molecule is C=C(C)C(=O)OCCCCCCCCCCCCCCCC[Si](F)(F)F. The van der Waals surface area contributed by atoms with Crippen LogP contribution in [0.4, 0.5) is 12.3 Å². The highest BCUT2D eigenvalue weighted by atomic mass is 28.5. The van der Waals surface area contributed by atoms with Crippen LogP contribution < -0.4 is 0 Å². The van der Waals surface area contributed by atoms with Crippen molar-refractivity contribution in [2.75, 3.05) is 6.61 Å². The molecule has 0 unspecified atom stereocenters. The van der Waals surface area contributed by atoms with E-state index >= 15 is 0 Å². The second kappa shape index (κ2) is 16.4. The fourth-order valence-corrected chi connectivity index (χ4v) is 3.49. The van der Waals surface area contributed by atoms with Crippen molar-refractivity contribution in [3.05, 3.63) is 12.2 Å². The summed E-state index contributed by atoms with van der Waals surface area (Å²) in [7, 11) is -5.30. The number of ether oxygens (including phenoxy) is 1. The summed E-state index contributed by atoms with van der Waals surface area (Å²) in [5, 5.41) is 0. The quantitative estimate of drug-likeness (QED) is 0.0795. The van der Waals surface area contributed by atoms with E-state index in [1.165, 1.54) is 44.9 Å². The van der Waals surface area contributed by atoms with E-state index in [1.807, 2.05) is 0 Å². The second-order valence-corrected chi connectivity index (χ2v) is 8.96. The number of carbonyl (C=O) groups is 1. The smallest absolute Gasteiger partial charge is 0.462 e. The minimum Gasteiger partial charge on any atom is -0.462 e. The lowest BCUT2D eigenvalue weighted by Crippen LogP contribution is -2.13. The Bertz CT molecular complexity index is 371. The Morgan fingerprint density at radius 1 is 0.731 bits per heavy atom. The number of esters is 1. The molecular formula is C20H37F3O2Si. The first-order valence-electron chi connectivity index (χ1n) is 10.2. The maximum atomic E-state index is 12.1. The third kappa shape index (κ3) is 19.5. The van der Waals surface area contributed by atoms with E-state index in [9.17, 15) is 17.1 Å². The van der Waals surface area contributed by atoms with E-state index in [1.54, 1.807) is 6.92 Å². The summed E-state index contributed by atoms with van der Waals surface area (Å²) in [6.07, 6.45) is 14.9. The fraction of sp³-hybridized carbons (Fsp3) is 0.850. The highest BCUT2D eigenvalue weighted by molar-refractivity contribution is 6.58. The summed E-state index contributed by atoms with van der Waals surface area (Å²) >= 11 is 0. The molecule has 6 heteroatoms. The lowest BCUT2D eigenvalue weighted by molar-refractivity contribution is -0.139. The maximum absolute atomic E-state index is 12.1. The molecule has 0 spiro atoms. The van der Waals surface area contributed by atoms with Gasteiger partial charge in [0.05, 0.1) is 6.61 Å². The van der Waals surface area contributed by atoms with Crippen LogP contribution in [0.25, 0.3) is 0 Å². The van der Waals surface area contributed by atoms with Gasteiger partial charge in [-0.2, -0.15) is 0 Å². The number of hydrogen-bond acceptors (Lipinski definition) is 2. The van der Waals surface area contributed by atoms with Gasteiger partial charge in [-0.25, -0.2) is 17.1 Å². The summed E-state index contributed by atoms with van der Waals surface area (Å²) in [6, 6.07) is -0.493. The Hall–Kier alpha value is -0.783. The van der Waals surface area contributed by atoms with E-state index < -0.39 is 15.1 Å². The zero-order valence-electron chi connectivity index (χ0n) is 16.5. The summed E-state index contributed by atoms with van der Waals surface area (Å²) in [5.74, 6) is -0.298. The van der Waals surface area contributed by atoms with Crippen LogP contribution in [0.2, 0.25) is 6.04 Å². The molecule has 0 heterocycles. The van der Waals surface area contributed by atoms with Crippen molar-refractivity contribution >= 4 is 15.0 Å². The molecule has 0 aliphatic heterocycles. The lowest BCUT2D eigenvalue weighted by Gasteiger charge is -2.05.